The topological polar surface area (TPSA) is 154 Å². The number of aromatic nitrogens is 1. The molecule has 11 heteroatoms. The first kappa shape index (κ1) is 27.9. The summed E-state index contributed by atoms with van der Waals surface area (Å²) in [6, 6.07) is 2.46. The second kappa shape index (κ2) is 12.0. The first-order valence-corrected chi connectivity index (χ1v) is 12.9. The number of rotatable bonds is 11. The number of carbonyl (C=O) groups excluding carboxylic acids is 3. The molecule has 3 aromatic rings. The number of benzene rings is 1. The second-order valence-corrected chi connectivity index (χ2v) is 10.1. The molecule has 0 aliphatic heterocycles. The highest BCUT2D eigenvalue weighted by atomic mass is 32.1. The fourth-order valence-electron chi connectivity index (χ4n) is 3.75. The molecule has 0 spiro atoms. The minimum absolute atomic E-state index is 0.106. The van der Waals surface area contributed by atoms with Crippen molar-refractivity contribution in [1.82, 2.24) is 15.6 Å². The number of primary amides is 1. The molecule has 10 nitrogen and oxygen atoms in total. The highest BCUT2D eigenvalue weighted by Crippen LogP contribution is 2.29. The summed E-state index contributed by atoms with van der Waals surface area (Å²) in [5.41, 5.74) is 7.17. The maximum atomic E-state index is 13.2. The van der Waals surface area contributed by atoms with E-state index < -0.39 is 29.9 Å². The highest BCUT2D eigenvalue weighted by Gasteiger charge is 2.26. The molecule has 0 bridgehead atoms. The Bertz CT molecular complexity index is 1360. The van der Waals surface area contributed by atoms with Crippen LogP contribution in [0.4, 0.5) is 0 Å². The van der Waals surface area contributed by atoms with Gasteiger partial charge in [0.05, 0.1) is 17.5 Å². The molecule has 0 aliphatic carbocycles. The summed E-state index contributed by atoms with van der Waals surface area (Å²) in [6.07, 6.45) is 1.34. The van der Waals surface area contributed by atoms with Gasteiger partial charge in [0, 0.05) is 17.1 Å². The van der Waals surface area contributed by atoms with Crippen molar-refractivity contribution in [3.8, 4) is 16.3 Å². The van der Waals surface area contributed by atoms with Crippen molar-refractivity contribution >= 4 is 40.0 Å². The number of fused-ring (bicyclic) bond motifs is 1. The minimum Gasteiger partial charge on any atom is -0.480 e. The summed E-state index contributed by atoms with van der Waals surface area (Å²) in [4.78, 5) is 54.0. The van der Waals surface area contributed by atoms with Crippen LogP contribution >= 0.6 is 11.3 Å². The number of thiazole rings is 1. The van der Waals surface area contributed by atoms with Crippen molar-refractivity contribution in [3.63, 3.8) is 0 Å². The van der Waals surface area contributed by atoms with Crippen LogP contribution in [0.3, 0.4) is 0 Å². The van der Waals surface area contributed by atoms with Gasteiger partial charge in [-0.05, 0) is 44.2 Å². The van der Waals surface area contributed by atoms with Crippen molar-refractivity contribution in [2.24, 2.45) is 11.7 Å². The number of nitrogens with zero attached hydrogens (tertiary/aromatic N) is 1. The van der Waals surface area contributed by atoms with Gasteiger partial charge in [-0.25, -0.2) is 4.98 Å². The van der Waals surface area contributed by atoms with E-state index in [0.29, 0.717) is 40.1 Å². The Morgan fingerprint density at radius 3 is 2.51 bits per heavy atom. The molecular formula is C26H32N4O6S. The first-order chi connectivity index (χ1) is 17.5. The van der Waals surface area contributed by atoms with Gasteiger partial charge in [0.1, 0.15) is 28.6 Å². The van der Waals surface area contributed by atoms with Gasteiger partial charge in [0.25, 0.3) is 5.91 Å². The van der Waals surface area contributed by atoms with Gasteiger partial charge >= 0.3 is 0 Å². The number of nitrogens with one attached hydrogen (secondary N) is 2. The molecule has 0 aliphatic rings. The molecule has 3 rings (SSSR count). The summed E-state index contributed by atoms with van der Waals surface area (Å²) in [7, 11) is 0. The third-order valence-corrected chi connectivity index (χ3v) is 6.63. The Hall–Kier alpha value is -3.73. The second-order valence-electron chi connectivity index (χ2n) is 9.22. The molecule has 0 saturated heterocycles. The van der Waals surface area contributed by atoms with E-state index in [4.69, 9.17) is 14.9 Å². The fraction of sp³-hybridized carbons (Fsp3) is 0.423. The molecular weight excluding hydrogens is 496 g/mol. The van der Waals surface area contributed by atoms with E-state index in [0.717, 1.165) is 11.3 Å². The lowest BCUT2D eigenvalue weighted by atomic mass is 10.0. The van der Waals surface area contributed by atoms with E-state index in [1.165, 1.54) is 17.6 Å². The molecule has 0 fully saturated rings. The fourth-order valence-corrected chi connectivity index (χ4v) is 4.55. The largest absolute Gasteiger partial charge is 0.480 e. The predicted octanol–water partition coefficient (Wildman–Crippen LogP) is 2.69. The highest BCUT2D eigenvalue weighted by molar-refractivity contribution is 7.13. The molecule has 2 atom stereocenters. The molecule has 4 N–H and O–H groups in total. The minimum atomic E-state index is -0.953. The number of aryl methyl sites for hydroxylation is 2. The van der Waals surface area contributed by atoms with Gasteiger partial charge in [-0.1, -0.05) is 20.8 Å². The van der Waals surface area contributed by atoms with E-state index in [2.05, 4.69) is 15.6 Å². The Labute approximate surface area is 218 Å². The number of hydrogen-bond donors (Lipinski definition) is 3. The van der Waals surface area contributed by atoms with Crippen LogP contribution in [0.5, 0.6) is 5.75 Å². The number of nitrogens with two attached hydrogens (primary N) is 1. The Morgan fingerprint density at radius 2 is 1.92 bits per heavy atom. The third kappa shape index (κ3) is 6.94. The summed E-state index contributed by atoms with van der Waals surface area (Å²) < 4.78 is 11.7. The van der Waals surface area contributed by atoms with Crippen molar-refractivity contribution < 1.29 is 23.5 Å². The molecule has 2 unspecified atom stereocenters. The van der Waals surface area contributed by atoms with E-state index in [1.54, 1.807) is 19.1 Å². The maximum absolute atomic E-state index is 13.2. The van der Waals surface area contributed by atoms with E-state index >= 15 is 0 Å². The van der Waals surface area contributed by atoms with Gasteiger partial charge < -0.3 is 25.5 Å². The van der Waals surface area contributed by atoms with E-state index in [-0.39, 0.29) is 17.9 Å². The lowest BCUT2D eigenvalue weighted by molar-refractivity contribution is -0.133. The zero-order valence-electron chi connectivity index (χ0n) is 21.5. The Balaban J connectivity index is 1.82. The molecule has 0 radical (unpaired) electrons. The van der Waals surface area contributed by atoms with Crippen LogP contribution in [0.15, 0.2) is 33.0 Å². The zero-order chi connectivity index (χ0) is 27.3. The average Bonchev–Trinajstić information content (AvgIpc) is 3.27. The molecule has 2 heterocycles. The van der Waals surface area contributed by atoms with Crippen molar-refractivity contribution in [2.45, 2.75) is 59.6 Å². The third-order valence-electron chi connectivity index (χ3n) is 5.64. The molecule has 0 saturated carbocycles. The quantitative estimate of drug-likeness (QED) is 0.346. The number of hydrogen-bond acceptors (Lipinski definition) is 8. The normalized spacial score (nSPS) is 12.8. The summed E-state index contributed by atoms with van der Waals surface area (Å²) >= 11 is 1.37. The SMILES string of the molecule is CCc1cc2c(=O)c(-c3nc(C)cs3)coc2cc1OC(C)C(=O)NC(CC(C)C)C(=O)NCC(N)=O. The van der Waals surface area contributed by atoms with Crippen LogP contribution in [-0.2, 0) is 20.8 Å². The standard InChI is InChI=1S/C26H32N4O6S/c1-6-16-8-17-21(35-11-18(23(17)32)26-29-14(4)12-37-26)9-20(16)36-15(5)24(33)30-19(7-13(2)3)25(34)28-10-22(27)31/h8-9,11-13,15,19H,6-7,10H2,1-5H3,(H2,27,31)(H,28,34)(H,30,33). The van der Waals surface area contributed by atoms with Gasteiger partial charge in [-0.15, -0.1) is 11.3 Å². The Kier molecular flexibility index (Phi) is 9.04. The lowest BCUT2D eigenvalue weighted by Gasteiger charge is -2.23. The smallest absolute Gasteiger partial charge is 0.261 e. The molecule has 1 aromatic carbocycles. The molecule has 2 aromatic heterocycles. The van der Waals surface area contributed by atoms with Crippen molar-refractivity contribution in [2.75, 3.05) is 6.54 Å². The summed E-state index contributed by atoms with van der Waals surface area (Å²) in [6.45, 7) is 8.85. The van der Waals surface area contributed by atoms with Crippen LogP contribution in [0, 0.1) is 12.8 Å². The summed E-state index contributed by atoms with van der Waals surface area (Å²) in [5, 5.41) is 7.98. The monoisotopic (exact) mass is 528 g/mol. The maximum Gasteiger partial charge on any atom is 0.261 e. The first-order valence-electron chi connectivity index (χ1n) is 12.0. The van der Waals surface area contributed by atoms with Crippen molar-refractivity contribution in [1.29, 1.82) is 0 Å². The van der Waals surface area contributed by atoms with Crippen LogP contribution in [0.1, 0.15) is 45.4 Å². The van der Waals surface area contributed by atoms with Gasteiger partial charge in [-0.3, -0.25) is 19.2 Å². The molecule has 198 valence electrons. The Morgan fingerprint density at radius 1 is 1.19 bits per heavy atom. The van der Waals surface area contributed by atoms with E-state index in [1.807, 2.05) is 33.1 Å². The molecule has 3 amide bonds. The van der Waals surface area contributed by atoms with E-state index in [9.17, 15) is 19.2 Å². The number of carbonyl (C=O) groups is 3. The van der Waals surface area contributed by atoms with Crippen LogP contribution in [0.25, 0.3) is 21.5 Å². The van der Waals surface area contributed by atoms with Gasteiger partial charge in [-0.2, -0.15) is 0 Å². The average molecular weight is 529 g/mol. The number of amides is 3. The molecule has 37 heavy (non-hydrogen) atoms. The van der Waals surface area contributed by atoms with Crippen molar-refractivity contribution in [3.05, 3.63) is 45.3 Å². The predicted molar refractivity (Wildman–Crippen MR) is 141 cm³/mol. The lowest BCUT2D eigenvalue weighted by Crippen LogP contribution is -2.51. The van der Waals surface area contributed by atoms with Gasteiger partial charge in [0.15, 0.2) is 6.10 Å². The van der Waals surface area contributed by atoms with Crippen LogP contribution < -0.4 is 26.5 Å². The zero-order valence-corrected chi connectivity index (χ0v) is 22.4. The summed E-state index contributed by atoms with van der Waals surface area (Å²) in [5.74, 6) is -1.17. The number of ether oxygens (including phenoxy) is 1. The van der Waals surface area contributed by atoms with Gasteiger partial charge in [0.2, 0.25) is 17.2 Å². The van der Waals surface area contributed by atoms with Crippen LogP contribution in [0.2, 0.25) is 0 Å². The van der Waals surface area contributed by atoms with Crippen LogP contribution in [-0.4, -0.2) is 41.4 Å².